The van der Waals surface area contributed by atoms with Crippen LogP contribution in [0.2, 0.25) is 0 Å². The zero-order valence-electron chi connectivity index (χ0n) is 17.7. The Hall–Kier alpha value is -3.28. The summed E-state index contributed by atoms with van der Waals surface area (Å²) >= 11 is 0. The summed E-state index contributed by atoms with van der Waals surface area (Å²) in [5.41, 5.74) is 3.38. The normalized spacial score (nSPS) is 15.2. The van der Waals surface area contributed by atoms with Gasteiger partial charge in [-0.3, -0.25) is 9.59 Å². The maximum absolute atomic E-state index is 12.4. The van der Waals surface area contributed by atoms with Gasteiger partial charge in [-0.25, -0.2) is 0 Å². The standard InChI is InChI=1S/C24H28N2O4/c1-16(2)15-26-21-12-9-19(14-22(21)30-18(4)24(26)28)25-23(27)6-5-13-29-20-10-7-17(3)8-11-20/h7-12,14,18H,1,5-6,13,15H2,2-4H3,(H,25,27). The summed E-state index contributed by atoms with van der Waals surface area (Å²) in [4.78, 5) is 26.4. The number of nitrogens with one attached hydrogen (secondary N) is 1. The average Bonchev–Trinajstić information content (AvgIpc) is 2.70. The summed E-state index contributed by atoms with van der Waals surface area (Å²) < 4.78 is 11.4. The first-order valence-corrected chi connectivity index (χ1v) is 10.1. The Morgan fingerprint density at radius 1 is 1.23 bits per heavy atom. The minimum Gasteiger partial charge on any atom is -0.494 e. The van der Waals surface area contributed by atoms with Crippen molar-refractivity contribution in [2.75, 3.05) is 23.4 Å². The van der Waals surface area contributed by atoms with Gasteiger partial charge in [0, 0.05) is 24.7 Å². The molecule has 1 aliphatic heterocycles. The highest BCUT2D eigenvalue weighted by molar-refractivity contribution is 6.01. The number of nitrogens with zero attached hydrogens (tertiary/aromatic N) is 1. The molecular weight excluding hydrogens is 380 g/mol. The van der Waals surface area contributed by atoms with Crippen molar-refractivity contribution < 1.29 is 19.1 Å². The largest absolute Gasteiger partial charge is 0.494 e. The summed E-state index contributed by atoms with van der Waals surface area (Å²) in [6, 6.07) is 13.1. The van der Waals surface area contributed by atoms with Crippen LogP contribution in [0.15, 0.2) is 54.6 Å². The third-order valence-electron chi connectivity index (χ3n) is 4.72. The molecule has 158 valence electrons. The molecule has 0 aliphatic carbocycles. The number of hydrogen-bond donors (Lipinski definition) is 1. The fourth-order valence-corrected chi connectivity index (χ4v) is 3.20. The molecular formula is C24H28N2O4. The van der Waals surface area contributed by atoms with Crippen LogP contribution in [0.1, 0.15) is 32.3 Å². The quantitative estimate of drug-likeness (QED) is 0.516. The van der Waals surface area contributed by atoms with E-state index >= 15 is 0 Å². The molecule has 0 spiro atoms. The highest BCUT2D eigenvalue weighted by atomic mass is 16.5. The van der Waals surface area contributed by atoms with Crippen molar-refractivity contribution >= 4 is 23.2 Å². The van der Waals surface area contributed by atoms with Crippen molar-refractivity contribution in [2.24, 2.45) is 0 Å². The molecule has 0 fully saturated rings. The molecule has 3 rings (SSSR count). The number of hydrogen-bond acceptors (Lipinski definition) is 4. The zero-order valence-corrected chi connectivity index (χ0v) is 17.7. The van der Waals surface area contributed by atoms with E-state index in [-0.39, 0.29) is 11.8 Å². The number of rotatable bonds is 8. The van der Waals surface area contributed by atoms with Gasteiger partial charge in [-0.15, -0.1) is 0 Å². The van der Waals surface area contributed by atoms with Crippen LogP contribution in [0.3, 0.4) is 0 Å². The van der Waals surface area contributed by atoms with E-state index in [0.717, 1.165) is 11.3 Å². The summed E-state index contributed by atoms with van der Waals surface area (Å²) in [7, 11) is 0. The van der Waals surface area contributed by atoms with Crippen molar-refractivity contribution in [1.82, 2.24) is 0 Å². The van der Waals surface area contributed by atoms with E-state index in [9.17, 15) is 9.59 Å². The molecule has 1 atom stereocenters. The van der Waals surface area contributed by atoms with E-state index in [1.807, 2.05) is 38.1 Å². The molecule has 1 unspecified atom stereocenters. The lowest BCUT2D eigenvalue weighted by Gasteiger charge is -2.33. The van der Waals surface area contributed by atoms with E-state index in [2.05, 4.69) is 11.9 Å². The summed E-state index contributed by atoms with van der Waals surface area (Å²) in [5.74, 6) is 1.18. The van der Waals surface area contributed by atoms with Crippen LogP contribution in [0, 0.1) is 6.92 Å². The minimum atomic E-state index is -0.582. The Morgan fingerprint density at radius 3 is 2.67 bits per heavy atom. The van der Waals surface area contributed by atoms with Gasteiger partial charge in [0.05, 0.1) is 12.3 Å². The third kappa shape index (κ3) is 5.41. The molecule has 0 radical (unpaired) electrons. The lowest BCUT2D eigenvalue weighted by Crippen LogP contribution is -2.45. The van der Waals surface area contributed by atoms with Crippen molar-refractivity contribution in [1.29, 1.82) is 0 Å². The molecule has 2 amide bonds. The van der Waals surface area contributed by atoms with E-state index in [0.29, 0.717) is 43.1 Å². The highest BCUT2D eigenvalue weighted by Gasteiger charge is 2.31. The van der Waals surface area contributed by atoms with Crippen molar-refractivity contribution in [2.45, 2.75) is 39.7 Å². The SMILES string of the molecule is C=C(C)CN1C(=O)C(C)Oc2cc(NC(=O)CCCOc3ccc(C)cc3)ccc21. The van der Waals surface area contributed by atoms with Gasteiger partial charge in [0.15, 0.2) is 6.10 Å². The molecule has 0 saturated heterocycles. The smallest absolute Gasteiger partial charge is 0.268 e. The van der Waals surface area contributed by atoms with Crippen LogP contribution in [0.25, 0.3) is 0 Å². The molecule has 0 saturated carbocycles. The lowest BCUT2D eigenvalue weighted by molar-refractivity contribution is -0.125. The summed E-state index contributed by atoms with van der Waals surface area (Å²) in [6.07, 6.45) is 0.376. The minimum absolute atomic E-state index is 0.0961. The molecule has 30 heavy (non-hydrogen) atoms. The van der Waals surface area contributed by atoms with Crippen LogP contribution in [0.5, 0.6) is 11.5 Å². The Morgan fingerprint density at radius 2 is 1.97 bits per heavy atom. The third-order valence-corrected chi connectivity index (χ3v) is 4.72. The molecule has 0 bridgehead atoms. The second kappa shape index (κ2) is 9.48. The Bertz CT molecular complexity index is 937. The molecule has 2 aromatic carbocycles. The van der Waals surface area contributed by atoms with Crippen molar-refractivity contribution in [3.63, 3.8) is 0 Å². The van der Waals surface area contributed by atoms with Crippen molar-refractivity contribution in [3.05, 3.63) is 60.2 Å². The Labute approximate surface area is 177 Å². The monoisotopic (exact) mass is 408 g/mol. The van der Waals surface area contributed by atoms with Crippen LogP contribution < -0.4 is 19.7 Å². The Balaban J connectivity index is 1.54. The van der Waals surface area contributed by atoms with E-state index in [1.165, 1.54) is 5.56 Å². The molecule has 1 aliphatic rings. The van der Waals surface area contributed by atoms with Gasteiger partial charge in [0.25, 0.3) is 5.91 Å². The molecule has 1 N–H and O–H groups in total. The maximum Gasteiger partial charge on any atom is 0.268 e. The van der Waals surface area contributed by atoms with Gasteiger partial charge in [-0.05, 0) is 51.5 Å². The van der Waals surface area contributed by atoms with E-state index < -0.39 is 6.10 Å². The van der Waals surface area contributed by atoms with Crippen LogP contribution >= 0.6 is 0 Å². The molecule has 6 heteroatoms. The van der Waals surface area contributed by atoms with Gasteiger partial charge in [-0.2, -0.15) is 0 Å². The van der Waals surface area contributed by atoms with E-state index in [4.69, 9.17) is 9.47 Å². The predicted molar refractivity (Wildman–Crippen MR) is 118 cm³/mol. The second-order valence-corrected chi connectivity index (χ2v) is 7.64. The summed E-state index contributed by atoms with van der Waals surface area (Å²) in [6.45, 7) is 10.4. The molecule has 1 heterocycles. The van der Waals surface area contributed by atoms with Gasteiger partial charge < -0.3 is 19.7 Å². The molecule has 2 aromatic rings. The fraction of sp³-hybridized carbons (Fsp3) is 0.333. The first-order valence-electron chi connectivity index (χ1n) is 10.1. The Kier molecular flexibility index (Phi) is 6.77. The maximum atomic E-state index is 12.4. The van der Waals surface area contributed by atoms with Crippen molar-refractivity contribution in [3.8, 4) is 11.5 Å². The van der Waals surface area contributed by atoms with Crippen LogP contribution in [-0.2, 0) is 9.59 Å². The number of aryl methyl sites for hydroxylation is 1. The van der Waals surface area contributed by atoms with Gasteiger partial charge in [0.2, 0.25) is 5.91 Å². The first kappa shape index (κ1) is 21.4. The van der Waals surface area contributed by atoms with E-state index in [1.54, 1.807) is 30.0 Å². The van der Waals surface area contributed by atoms with Gasteiger partial charge in [-0.1, -0.05) is 29.8 Å². The predicted octanol–water partition coefficient (Wildman–Crippen LogP) is 4.48. The van der Waals surface area contributed by atoms with Gasteiger partial charge in [0.1, 0.15) is 11.5 Å². The number of benzene rings is 2. The number of ether oxygens (including phenoxy) is 2. The number of carbonyl (C=O) groups excluding carboxylic acids is 2. The number of fused-ring (bicyclic) bond motifs is 1. The number of carbonyl (C=O) groups is 2. The number of anilines is 2. The topological polar surface area (TPSA) is 67.9 Å². The summed E-state index contributed by atoms with van der Waals surface area (Å²) in [5, 5.41) is 2.88. The average molecular weight is 408 g/mol. The molecule has 0 aromatic heterocycles. The zero-order chi connectivity index (χ0) is 21.7. The van der Waals surface area contributed by atoms with Crippen LogP contribution in [0.4, 0.5) is 11.4 Å². The molecule has 6 nitrogen and oxygen atoms in total. The van der Waals surface area contributed by atoms with Crippen LogP contribution in [-0.4, -0.2) is 31.1 Å². The number of amides is 2. The van der Waals surface area contributed by atoms with Gasteiger partial charge >= 0.3 is 0 Å². The fourth-order valence-electron chi connectivity index (χ4n) is 3.20. The lowest BCUT2D eigenvalue weighted by atomic mass is 10.1. The second-order valence-electron chi connectivity index (χ2n) is 7.64. The highest BCUT2D eigenvalue weighted by Crippen LogP contribution is 2.36. The first-order chi connectivity index (χ1) is 14.3.